The highest BCUT2D eigenvalue weighted by atomic mass is 79.9. The summed E-state index contributed by atoms with van der Waals surface area (Å²) in [6.07, 6.45) is 1.30. The lowest BCUT2D eigenvalue weighted by molar-refractivity contribution is -0.384. The Labute approximate surface area is 173 Å². The number of hydrogen-bond acceptors (Lipinski definition) is 5. The van der Waals surface area contributed by atoms with Gasteiger partial charge in [0.25, 0.3) is 11.2 Å². The molecule has 0 saturated heterocycles. The van der Waals surface area contributed by atoms with Crippen LogP contribution >= 0.6 is 15.9 Å². The molecule has 1 aromatic heterocycles. The van der Waals surface area contributed by atoms with Crippen molar-refractivity contribution in [3.63, 3.8) is 0 Å². The van der Waals surface area contributed by atoms with Gasteiger partial charge in [-0.15, -0.1) is 0 Å². The Bertz CT molecular complexity index is 1180. The molecule has 0 atom stereocenters. The van der Waals surface area contributed by atoms with Crippen LogP contribution in [-0.2, 0) is 4.79 Å². The van der Waals surface area contributed by atoms with Gasteiger partial charge < -0.3 is 5.32 Å². The SMILES string of the molecule is CC(=O)Nc1ccc(N=Cc2c(C)[nH]n(-c3ccc(Br)cc3)c2=O)c([N+](=O)[O-])c1. The van der Waals surface area contributed by atoms with Crippen molar-refractivity contribution in [2.45, 2.75) is 13.8 Å². The first-order valence-corrected chi connectivity index (χ1v) is 9.23. The van der Waals surface area contributed by atoms with Crippen LogP contribution in [0.4, 0.5) is 17.1 Å². The Balaban J connectivity index is 1.98. The minimum absolute atomic E-state index is 0.0688. The van der Waals surface area contributed by atoms with E-state index in [4.69, 9.17) is 0 Å². The van der Waals surface area contributed by atoms with Gasteiger partial charge in [-0.25, -0.2) is 9.67 Å². The minimum Gasteiger partial charge on any atom is -0.326 e. The van der Waals surface area contributed by atoms with Crippen LogP contribution in [0.2, 0.25) is 0 Å². The van der Waals surface area contributed by atoms with Gasteiger partial charge in [-0.2, -0.15) is 0 Å². The molecule has 3 aromatic rings. The Morgan fingerprint density at radius 1 is 1.28 bits per heavy atom. The van der Waals surface area contributed by atoms with E-state index < -0.39 is 4.92 Å². The Hall–Kier alpha value is -3.53. The van der Waals surface area contributed by atoms with Gasteiger partial charge in [-0.1, -0.05) is 15.9 Å². The van der Waals surface area contributed by atoms with E-state index >= 15 is 0 Å². The molecule has 10 heteroatoms. The van der Waals surface area contributed by atoms with Gasteiger partial charge >= 0.3 is 0 Å². The highest BCUT2D eigenvalue weighted by molar-refractivity contribution is 9.10. The third-order valence-electron chi connectivity index (χ3n) is 4.03. The van der Waals surface area contributed by atoms with E-state index in [0.717, 1.165) is 4.47 Å². The molecule has 0 aliphatic heterocycles. The fraction of sp³-hybridized carbons (Fsp3) is 0.105. The lowest BCUT2D eigenvalue weighted by Gasteiger charge is -2.03. The fourth-order valence-electron chi connectivity index (χ4n) is 2.68. The van der Waals surface area contributed by atoms with E-state index in [1.807, 2.05) is 12.1 Å². The second kappa shape index (κ2) is 8.23. The molecule has 9 nitrogen and oxygen atoms in total. The zero-order chi connectivity index (χ0) is 21.1. The number of aryl methyl sites for hydroxylation is 1. The topological polar surface area (TPSA) is 122 Å². The summed E-state index contributed by atoms with van der Waals surface area (Å²) in [5, 5.41) is 16.8. The third kappa shape index (κ3) is 4.49. The molecule has 0 saturated carbocycles. The number of benzene rings is 2. The number of nitro groups is 1. The molecule has 2 aromatic carbocycles. The molecular formula is C19H16BrN5O4. The lowest BCUT2D eigenvalue weighted by Crippen LogP contribution is -2.17. The largest absolute Gasteiger partial charge is 0.326 e. The average molecular weight is 458 g/mol. The maximum atomic E-state index is 12.7. The molecule has 1 amide bonds. The zero-order valence-electron chi connectivity index (χ0n) is 15.5. The molecule has 0 fully saturated rings. The number of anilines is 1. The molecule has 3 rings (SSSR count). The van der Waals surface area contributed by atoms with Crippen molar-refractivity contribution >= 4 is 45.1 Å². The van der Waals surface area contributed by atoms with Crippen LogP contribution in [0.3, 0.4) is 0 Å². The number of nitrogens with zero attached hydrogens (tertiary/aromatic N) is 3. The number of aliphatic imine (C=N–C) groups is 1. The van der Waals surface area contributed by atoms with E-state index in [2.05, 4.69) is 31.3 Å². The van der Waals surface area contributed by atoms with Gasteiger partial charge in [-0.05, 0) is 43.3 Å². The molecule has 148 valence electrons. The third-order valence-corrected chi connectivity index (χ3v) is 4.56. The van der Waals surface area contributed by atoms with Crippen molar-refractivity contribution in [3.05, 3.63) is 78.7 Å². The van der Waals surface area contributed by atoms with Crippen LogP contribution in [0, 0.1) is 17.0 Å². The number of rotatable bonds is 5. The van der Waals surface area contributed by atoms with Crippen molar-refractivity contribution < 1.29 is 9.72 Å². The molecular weight excluding hydrogens is 442 g/mol. The van der Waals surface area contributed by atoms with Crippen molar-refractivity contribution in [2.24, 2.45) is 4.99 Å². The van der Waals surface area contributed by atoms with Gasteiger partial charge in [0, 0.05) is 35.1 Å². The van der Waals surface area contributed by atoms with Crippen molar-refractivity contribution in [1.29, 1.82) is 0 Å². The predicted octanol–water partition coefficient (Wildman–Crippen LogP) is 3.85. The number of aromatic nitrogens is 2. The summed E-state index contributed by atoms with van der Waals surface area (Å²) in [4.78, 5) is 38.8. The summed E-state index contributed by atoms with van der Waals surface area (Å²) in [6.45, 7) is 3.02. The maximum Gasteiger partial charge on any atom is 0.296 e. The second-order valence-corrected chi connectivity index (χ2v) is 7.08. The smallest absolute Gasteiger partial charge is 0.296 e. The molecule has 0 unspecified atom stereocenters. The van der Waals surface area contributed by atoms with E-state index in [-0.39, 0.29) is 28.4 Å². The molecule has 0 aliphatic rings. The van der Waals surface area contributed by atoms with E-state index in [1.165, 1.54) is 36.0 Å². The Morgan fingerprint density at radius 2 is 1.97 bits per heavy atom. The Morgan fingerprint density at radius 3 is 2.59 bits per heavy atom. The molecule has 0 radical (unpaired) electrons. The van der Waals surface area contributed by atoms with Crippen molar-refractivity contribution in [2.75, 3.05) is 5.32 Å². The van der Waals surface area contributed by atoms with Crippen molar-refractivity contribution in [1.82, 2.24) is 9.78 Å². The van der Waals surface area contributed by atoms with E-state index in [0.29, 0.717) is 17.1 Å². The van der Waals surface area contributed by atoms with E-state index in [9.17, 15) is 19.7 Å². The number of aromatic amines is 1. The van der Waals surface area contributed by atoms with Gasteiger partial charge in [-0.3, -0.25) is 24.8 Å². The standard InChI is InChI=1S/C19H16BrN5O4/c1-11-16(19(27)24(23-11)15-6-3-13(20)4-7-15)10-21-17-8-5-14(22-12(2)26)9-18(17)25(28)29/h3-10,23H,1-2H3,(H,22,26). The Kier molecular flexibility index (Phi) is 5.74. The number of hydrogen-bond donors (Lipinski definition) is 2. The number of carbonyl (C=O) groups is 1. The molecule has 0 spiro atoms. The van der Waals surface area contributed by atoms with Gasteiger partial charge in [0.05, 0.1) is 16.2 Å². The summed E-state index contributed by atoms with van der Waals surface area (Å²) >= 11 is 3.35. The van der Waals surface area contributed by atoms with Crippen LogP contribution in [0.25, 0.3) is 5.69 Å². The summed E-state index contributed by atoms with van der Waals surface area (Å²) in [7, 11) is 0. The summed E-state index contributed by atoms with van der Waals surface area (Å²) in [5.74, 6) is -0.341. The minimum atomic E-state index is -0.595. The molecule has 2 N–H and O–H groups in total. The van der Waals surface area contributed by atoms with Crippen LogP contribution in [0.5, 0.6) is 0 Å². The molecule has 1 heterocycles. The fourth-order valence-corrected chi connectivity index (χ4v) is 2.94. The zero-order valence-corrected chi connectivity index (χ0v) is 17.1. The molecule has 29 heavy (non-hydrogen) atoms. The van der Waals surface area contributed by atoms with Gasteiger partial charge in [0.1, 0.15) is 5.69 Å². The average Bonchev–Trinajstić information content (AvgIpc) is 2.94. The quantitative estimate of drug-likeness (QED) is 0.343. The van der Waals surface area contributed by atoms with Gasteiger partial charge in [0.15, 0.2) is 0 Å². The van der Waals surface area contributed by atoms with Gasteiger partial charge in [0.2, 0.25) is 5.91 Å². The van der Waals surface area contributed by atoms with Crippen LogP contribution in [0.15, 0.2) is 56.7 Å². The first-order valence-electron chi connectivity index (χ1n) is 8.44. The summed E-state index contributed by atoms with van der Waals surface area (Å²) < 4.78 is 2.26. The first-order chi connectivity index (χ1) is 13.8. The number of amides is 1. The van der Waals surface area contributed by atoms with Crippen LogP contribution in [-0.4, -0.2) is 26.8 Å². The normalized spacial score (nSPS) is 11.0. The lowest BCUT2D eigenvalue weighted by atomic mass is 10.2. The predicted molar refractivity (Wildman–Crippen MR) is 113 cm³/mol. The maximum absolute atomic E-state index is 12.7. The number of carbonyl (C=O) groups excluding carboxylic acids is 1. The first kappa shape index (κ1) is 20.2. The monoisotopic (exact) mass is 457 g/mol. The number of halogens is 1. The molecule has 0 aliphatic carbocycles. The van der Waals surface area contributed by atoms with Crippen molar-refractivity contribution in [3.8, 4) is 5.69 Å². The van der Waals surface area contributed by atoms with Crippen LogP contribution < -0.4 is 10.9 Å². The number of nitrogens with one attached hydrogen (secondary N) is 2. The molecule has 0 bridgehead atoms. The van der Waals surface area contributed by atoms with Crippen LogP contribution in [0.1, 0.15) is 18.2 Å². The second-order valence-electron chi connectivity index (χ2n) is 6.17. The number of nitro benzene ring substituents is 1. The highest BCUT2D eigenvalue weighted by Crippen LogP contribution is 2.30. The number of H-pyrrole nitrogens is 1. The highest BCUT2D eigenvalue weighted by Gasteiger charge is 2.16. The van der Waals surface area contributed by atoms with E-state index in [1.54, 1.807) is 19.1 Å². The summed E-state index contributed by atoms with van der Waals surface area (Å²) in [6, 6.07) is 11.3. The summed E-state index contributed by atoms with van der Waals surface area (Å²) in [5.41, 5.74) is 1.25.